The summed E-state index contributed by atoms with van der Waals surface area (Å²) in [6.07, 6.45) is 0. The highest BCUT2D eigenvalue weighted by molar-refractivity contribution is 5.80. The summed E-state index contributed by atoms with van der Waals surface area (Å²) < 4.78 is 12.4. The summed E-state index contributed by atoms with van der Waals surface area (Å²) in [6.45, 7) is 0.865. The summed E-state index contributed by atoms with van der Waals surface area (Å²) in [4.78, 5) is 16.2. The molecular weight excluding hydrogens is 496 g/mol. The van der Waals surface area contributed by atoms with E-state index in [0.29, 0.717) is 13.2 Å². The van der Waals surface area contributed by atoms with Crippen molar-refractivity contribution in [1.82, 2.24) is 19.9 Å². The maximum atomic E-state index is 6.22. The third-order valence-corrected chi connectivity index (χ3v) is 6.90. The maximum Gasteiger partial charge on any atom is 0.138 e. The van der Waals surface area contributed by atoms with Crippen molar-refractivity contribution in [2.45, 2.75) is 13.2 Å². The molecule has 0 spiro atoms. The quantitative estimate of drug-likeness (QED) is 0.212. The lowest BCUT2D eigenvalue weighted by Gasteiger charge is -2.13. The van der Waals surface area contributed by atoms with Crippen LogP contribution in [0, 0.1) is 0 Å². The van der Waals surface area contributed by atoms with E-state index in [-0.39, 0.29) is 0 Å². The van der Waals surface area contributed by atoms with E-state index >= 15 is 0 Å². The van der Waals surface area contributed by atoms with Crippen LogP contribution >= 0.6 is 0 Å². The van der Waals surface area contributed by atoms with Crippen molar-refractivity contribution in [3.8, 4) is 34.3 Å². The second-order valence-corrected chi connectivity index (χ2v) is 9.61. The van der Waals surface area contributed by atoms with E-state index < -0.39 is 0 Å². The lowest BCUT2D eigenvalue weighted by molar-refractivity contribution is 0.285. The van der Waals surface area contributed by atoms with Crippen LogP contribution in [-0.4, -0.2) is 19.9 Å². The lowest BCUT2D eigenvalue weighted by atomic mass is 10.1. The zero-order valence-corrected chi connectivity index (χ0v) is 21.7. The fourth-order valence-electron chi connectivity index (χ4n) is 4.81. The highest BCUT2D eigenvalue weighted by atomic mass is 16.5. The van der Waals surface area contributed by atoms with Crippen molar-refractivity contribution in [2.24, 2.45) is 0 Å². The van der Waals surface area contributed by atoms with Gasteiger partial charge in [-0.2, -0.15) is 0 Å². The van der Waals surface area contributed by atoms with Crippen molar-refractivity contribution >= 4 is 22.1 Å². The summed E-state index contributed by atoms with van der Waals surface area (Å²) in [7, 11) is 0. The van der Waals surface area contributed by atoms with Gasteiger partial charge in [-0.3, -0.25) is 0 Å². The Morgan fingerprint density at radius 1 is 0.475 bits per heavy atom. The molecule has 5 aromatic carbocycles. The first-order valence-electron chi connectivity index (χ1n) is 13.2. The number of imidazole rings is 2. The van der Waals surface area contributed by atoms with Crippen LogP contribution in [0.15, 0.2) is 121 Å². The molecule has 2 heterocycles. The van der Waals surface area contributed by atoms with E-state index in [0.717, 1.165) is 67.5 Å². The third kappa shape index (κ3) is 4.90. The zero-order valence-electron chi connectivity index (χ0n) is 21.7. The normalized spacial score (nSPS) is 11.2. The molecule has 7 aromatic rings. The number of rotatable bonds is 8. The SMILES string of the molecule is c1cc(OCc2ccccc2COc2cccc(-c3nc4ccccc4[nH]3)c2)cc(-c2nc3ccccc3[nH]2)c1. The first-order chi connectivity index (χ1) is 19.8. The number of aromatic amines is 2. The van der Waals surface area contributed by atoms with Gasteiger partial charge in [-0.15, -0.1) is 0 Å². The van der Waals surface area contributed by atoms with Crippen LogP contribution in [0.5, 0.6) is 11.5 Å². The van der Waals surface area contributed by atoms with Crippen LogP contribution < -0.4 is 9.47 Å². The van der Waals surface area contributed by atoms with Crippen LogP contribution in [0.1, 0.15) is 11.1 Å². The number of ether oxygens (including phenoxy) is 2. The first kappa shape index (κ1) is 23.7. The Bertz CT molecular complexity index is 1730. The average Bonchev–Trinajstić information content (AvgIpc) is 3.65. The van der Waals surface area contributed by atoms with Gasteiger partial charge in [-0.25, -0.2) is 9.97 Å². The van der Waals surface area contributed by atoms with Gasteiger partial charge in [0.1, 0.15) is 36.4 Å². The van der Waals surface area contributed by atoms with Gasteiger partial charge in [0.2, 0.25) is 0 Å². The Labute approximate surface area is 231 Å². The highest BCUT2D eigenvalue weighted by Crippen LogP contribution is 2.27. The number of nitrogens with zero attached hydrogens (tertiary/aromatic N) is 2. The predicted molar refractivity (Wildman–Crippen MR) is 158 cm³/mol. The van der Waals surface area contributed by atoms with Gasteiger partial charge < -0.3 is 19.4 Å². The van der Waals surface area contributed by atoms with Gasteiger partial charge in [-0.05, 0) is 59.7 Å². The number of H-pyrrole nitrogens is 2. The highest BCUT2D eigenvalue weighted by Gasteiger charge is 2.10. The van der Waals surface area contributed by atoms with Gasteiger partial charge in [-0.1, -0.05) is 72.8 Å². The minimum Gasteiger partial charge on any atom is -0.489 e. The molecular formula is C34H26N4O2. The second kappa shape index (κ2) is 10.4. The van der Waals surface area contributed by atoms with Gasteiger partial charge in [0.05, 0.1) is 22.1 Å². The molecule has 0 unspecified atom stereocenters. The summed E-state index contributed by atoms with van der Waals surface area (Å²) in [5.74, 6) is 3.22. The standard InChI is InChI=1S/C34H26N4O2/c1-2-10-26(22-40-28-14-8-12-24(20-28)34-37-31-17-5-6-18-32(31)38-34)25(9-1)21-39-27-13-7-11-23(19-27)33-35-29-15-3-4-16-30(29)36-33/h1-20H,21-22H2,(H,35,36)(H,37,38). The zero-order chi connectivity index (χ0) is 26.7. The number of nitrogens with one attached hydrogen (secondary N) is 2. The minimum absolute atomic E-state index is 0.433. The largest absolute Gasteiger partial charge is 0.489 e. The van der Waals surface area contributed by atoms with Gasteiger partial charge in [0.25, 0.3) is 0 Å². The van der Waals surface area contributed by atoms with Crippen molar-refractivity contribution in [1.29, 1.82) is 0 Å². The van der Waals surface area contributed by atoms with E-state index in [1.54, 1.807) is 0 Å². The minimum atomic E-state index is 0.433. The molecule has 0 amide bonds. The smallest absolute Gasteiger partial charge is 0.138 e. The van der Waals surface area contributed by atoms with Crippen molar-refractivity contribution in [3.05, 3.63) is 132 Å². The molecule has 0 aliphatic carbocycles. The number of hydrogen-bond acceptors (Lipinski definition) is 4. The van der Waals surface area contributed by atoms with Crippen LogP contribution in [0.25, 0.3) is 44.8 Å². The summed E-state index contributed by atoms with van der Waals surface area (Å²) >= 11 is 0. The Hall–Kier alpha value is -5.36. The molecule has 0 saturated heterocycles. The number of fused-ring (bicyclic) bond motifs is 2. The number of para-hydroxylation sites is 4. The third-order valence-electron chi connectivity index (χ3n) is 6.90. The predicted octanol–water partition coefficient (Wildman–Crippen LogP) is 7.93. The Balaban J connectivity index is 1.04. The van der Waals surface area contributed by atoms with Crippen LogP contribution in [0.3, 0.4) is 0 Å². The molecule has 40 heavy (non-hydrogen) atoms. The molecule has 0 fully saturated rings. The van der Waals surface area contributed by atoms with E-state index in [2.05, 4.69) is 22.1 Å². The molecule has 6 heteroatoms. The van der Waals surface area contributed by atoms with Crippen molar-refractivity contribution in [3.63, 3.8) is 0 Å². The van der Waals surface area contributed by atoms with Crippen molar-refractivity contribution < 1.29 is 9.47 Å². The molecule has 0 bridgehead atoms. The molecule has 0 saturated carbocycles. The summed E-state index contributed by atoms with van der Waals surface area (Å²) in [6, 6.07) is 40.3. The molecule has 0 atom stereocenters. The number of aromatic nitrogens is 4. The van der Waals surface area contributed by atoms with Gasteiger partial charge in [0, 0.05) is 11.1 Å². The van der Waals surface area contributed by atoms with E-state index in [9.17, 15) is 0 Å². The van der Waals surface area contributed by atoms with Crippen LogP contribution in [0.2, 0.25) is 0 Å². The van der Waals surface area contributed by atoms with E-state index in [1.165, 1.54) is 0 Å². The summed E-state index contributed by atoms with van der Waals surface area (Å²) in [5, 5.41) is 0. The molecule has 0 radical (unpaired) electrons. The molecule has 0 aliphatic rings. The van der Waals surface area contributed by atoms with Crippen molar-refractivity contribution in [2.75, 3.05) is 0 Å². The fourth-order valence-corrected chi connectivity index (χ4v) is 4.81. The molecule has 0 aliphatic heterocycles. The topological polar surface area (TPSA) is 75.8 Å². The summed E-state index contributed by atoms with van der Waals surface area (Å²) in [5.41, 5.74) is 8.03. The monoisotopic (exact) mass is 522 g/mol. The molecule has 194 valence electrons. The average molecular weight is 523 g/mol. The first-order valence-corrected chi connectivity index (χ1v) is 13.2. The lowest BCUT2D eigenvalue weighted by Crippen LogP contribution is -2.04. The van der Waals surface area contributed by atoms with Crippen LogP contribution in [-0.2, 0) is 13.2 Å². The fraction of sp³-hybridized carbons (Fsp3) is 0.0588. The number of benzene rings is 5. The van der Waals surface area contributed by atoms with E-state index in [1.807, 2.05) is 109 Å². The Morgan fingerprint density at radius 3 is 1.40 bits per heavy atom. The van der Waals surface area contributed by atoms with Crippen LogP contribution in [0.4, 0.5) is 0 Å². The maximum absolute atomic E-state index is 6.22. The number of hydrogen-bond donors (Lipinski definition) is 2. The van der Waals surface area contributed by atoms with Gasteiger partial charge >= 0.3 is 0 Å². The molecule has 2 aromatic heterocycles. The van der Waals surface area contributed by atoms with Gasteiger partial charge in [0.15, 0.2) is 0 Å². The molecule has 7 rings (SSSR count). The van der Waals surface area contributed by atoms with E-state index in [4.69, 9.17) is 19.4 Å². The molecule has 2 N–H and O–H groups in total. The Morgan fingerprint density at radius 2 is 0.925 bits per heavy atom. The molecule has 6 nitrogen and oxygen atoms in total. The second-order valence-electron chi connectivity index (χ2n) is 9.61. The Kier molecular flexibility index (Phi) is 6.18.